The number of hydrogen-bond donors (Lipinski definition) is 1. The minimum atomic E-state index is -4.13. The van der Waals surface area contributed by atoms with Crippen LogP contribution in [-0.4, -0.2) is 58.1 Å². The Morgan fingerprint density at radius 3 is 2.04 bits per heavy atom. The first kappa shape index (κ1) is 19.7. The average molecular weight is 362 g/mol. The van der Waals surface area contributed by atoms with Gasteiger partial charge in [0.15, 0.2) is 11.5 Å². The van der Waals surface area contributed by atoms with Gasteiger partial charge < -0.3 is 19.5 Å². The molecule has 5 nitrogen and oxygen atoms in total. The summed E-state index contributed by atoms with van der Waals surface area (Å²) in [5, 5.41) is 3.40. The SMILES string of the molecule is COc1cc(CNC2CCN(CC(F)(F)F)CC2)cc(OC)c1OC. The minimum Gasteiger partial charge on any atom is -0.493 e. The summed E-state index contributed by atoms with van der Waals surface area (Å²) in [5.74, 6) is 1.70. The van der Waals surface area contributed by atoms with Crippen molar-refractivity contribution in [3.63, 3.8) is 0 Å². The largest absolute Gasteiger partial charge is 0.493 e. The van der Waals surface area contributed by atoms with Gasteiger partial charge in [-0.25, -0.2) is 0 Å². The fourth-order valence-corrected chi connectivity index (χ4v) is 3.05. The van der Waals surface area contributed by atoms with Gasteiger partial charge in [0, 0.05) is 12.6 Å². The number of piperidine rings is 1. The third kappa shape index (κ3) is 5.67. The highest BCUT2D eigenvalue weighted by atomic mass is 19.4. The number of likely N-dealkylation sites (tertiary alicyclic amines) is 1. The predicted molar refractivity (Wildman–Crippen MR) is 88.5 cm³/mol. The number of rotatable bonds is 7. The summed E-state index contributed by atoms with van der Waals surface area (Å²) >= 11 is 0. The Morgan fingerprint density at radius 1 is 1.04 bits per heavy atom. The second-order valence-electron chi connectivity index (χ2n) is 6.08. The van der Waals surface area contributed by atoms with E-state index in [1.54, 1.807) is 21.3 Å². The Balaban J connectivity index is 1.90. The summed E-state index contributed by atoms with van der Waals surface area (Å²) in [5.41, 5.74) is 0.965. The van der Waals surface area contributed by atoms with E-state index in [9.17, 15) is 13.2 Å². The number of benzene rings is 1. The van der Waals surface area contributed by atoms with Crippen LogP contribution >= 0.6 is 0 Å². The number of nitrogens with zero attached hydrogens (tertiary/aromatic N) is 1. The van der Waals surface area contributed by atoms with Gasteiger partial charge >= 0.3 is 6.18 Å². The zero-order chi connectivity index (χ0) is 18.4. The molecule has 2 rings (SSSR count). The zero-order valence-electron chi connectivity index (χ0n) is 14.8. The van der Waals surface area contributed by atoms with Crippen molar-refractivity contribution >= 4 is 0 Å². The quantitative estimate of drug-likeness (QED) is 0.808. The normalized spacial score (nSPS) is 16.7. The lowest BCUT2D eigenvalue weighted by atomic mass is 10.0. The second kappa shape index (κ2) is 8.62. The lowest BCUT2D eigenvalue weighted by Gasteiger charge is -2.32. The molecule has 0 spiro atoms. The van der Waals surface area contributed by atoms with Crippen LogP contribution in [0, 0.1) is 0 Å². The molecule has 0 radical (unpaired) electrons. The number of nitrogens with one attached hydrogen (secondary N) is 1. The molecule has 1 fully saturated rings. The van der Waals surface area contributed by atoms with Gasteiger partial charge in [0.05, 0.1) is 27.9 Å². The van der Waals surface area contributed by atoms with Crippen LogP contribution in [-0.2, 0) is 6.54 Å². The molecular formula is C17H25F3N2O3. The Kier molecular flexibility index (Phi) is 6.78. The highest BCUT2D eigenvalue weighted by Gasteiger charge is 2.32. The number of alkyl halides is 3. The van der Waals surface area contributed by atoms with E-state index in [1.165, 1.54) is 4.90 Å². The Hall–Kier alpha value is -1.67. The molecule has 0 bridgehead atoms. The van der Waals surface area contributed by atoms with E-state index in [1.807, 2.05) is 12.1 Å². The molecule has 25 heavy (non-hydrogen) atoms. The standard InChI is InChI=1S/C17H25F3N2O3/c1-23-14-8-12(9-15(24-2)16(14)25-3)10-21-13-4-6-22(7-5-13)11-17(18,19)20/h8-9,13,21H,4-7,10-11H2,1-3H3. The molecule has 142 valence electrons. The molecule has 0 saturated carbocycles. The van der Waals surface area contributed by atoms with Crippen LogP contribution in [0.1, 0.15) is 18.4 Å². The molecule has 1 saturated heterocycles. The summed E-state index contributed by atoms with van der Waals surface area (Å²) in [7, 11) is 4.67. The molecule has 1 aromatic carbocycles. The van der Waals surface area contributed by atoms with Crippen LogP contribution in [0.15, 0.2) is 12.1 Å². The van der Waals surface area contributed by atoms with Crippen molar-refractivity contribution in [1.29, 1.82) is 0 Å². The molecule has 0 amide bonds. The van der Waals surface area contributed by atoms with Gasteiger partial charge in [-0.15, -0.1) is 0 Å². The number of methoxy groups -OCH3 is 3. The van der Waals surface area contributed by atoms with Gasteiger partial charge in [-0.1, -0.05) is 0 Å². The Morgan fingerprint density at radius 2 is 1.60 bits per heavy atom. The molecule has 0 aliphatic carbocycles. The van der Waals surface area contributed by atoms with Crippen molar-refractivity contribution in [3.8, 4) is 17.2 Å². The fourth-order valence-electron chi connectivity index (χ4n) is 3.05. The molecule has 1 aliphatic heterocycles. The third-order valence-electron chi connectivity index (χ3n) is 4.31. The fraction of sp³-hybridized carbons (Fsp3) is 0.647. The molecule has 1 N–H and O–H groups in total. The molecule has 0 atom stereocenters. The van der Waals surface area contributed by atoms with Gasteiger partial charge in [0.2, 0.25) is 5.75 Å². The topological polar surface area (TPSA) is 43.0 Å². The smallest absolute Gasteiger partial charge is 0.401 e. The first-order valence-corrected chi connectivity index (χ1v) is 8.17. The monoisotopic (exact) mass is 362 g/mol. The van der Waals surface area contributed by atoms with Crippen LogP contribution in [0.3, 0.4) is 0 Å². The lowest BCUT2D eigenvalue weighted by Crippen LogP contribution is -2.45. The average Bonchev–Trinajstić information content (AvgIpc) is 2.58. The molecule has 1 aromatic rings. The van der Waals surface area contributed by atoms with E-state index in [0.29, 0.717) is 49.7 Å². The van der Waals surface area contributed by atoms with Crippen LogP contribution in [0.25, 0.3) is 0 Å². The summed E-state index contributed by atoms with van der Waals surface area (Å²) in [6.45, 7) is 0.659. The van der Waals surface area contributed by atoms with Gasteiger partial charge in [-0.2, -0.15) is 13.2 Å². The molecule has 1 heterocycles. The lowest BCUT2D eigenvalue weighted by molar-refractivity contribution is -0.148. The van der Waals surface area contributed by atoms with Gasteiger partial charge in [0.25, 0.3) is 0 Å². The van der Waals surface area contributed by atoms with Crippen molar-refractivity contribution in [2.45, 2.75) is 31.6 Å². The zero-order valence-corrected chi connectivity index (χ0v) is 14.8. The highest BCUT2D eigenvalue weighted by Crippen LogP contribution is 2.38. The van der Waals surface area contributed by atoms with E-state index in [2.05, 4.69) is 5.32 Å². The van der Waals surface area contributed by atoms with Crippen LogP contribution < -0.4 is 19.5 Å². The van der Waals surface area contributed by atoms with E-state index in [-0.39, 0.29) is 6.04 Å². The Labute approximate surface area is 146 Å². The number of hydrogen-bond acceptors (Lipinski definition) is 5. The highest BCUT2D eigenvalue weighted by molar-refractivity contribution is 5.53. The van der Waals surface area contributed by atoms with Crippen LogP contribution in [0.2, 0.25) is 0 Å². The van der Waals surface area contributed by atoms with Crippen LogP contribution in [0.4, 0.5) is 13.2 Å². The van der Waals surface area contributed by atoms with Crippen molar-refractivity contribution in [2.24, 2.45) is 0 Å². The van der Waals surface area contributed by atoms with Crippen LogP contribution in [0.5, 0.6) is 17.2 Å². The van der Waals surface area contributed by atoms with Gasteiger partial charge in [-0.3, -0.25) is 4.90 Å². The summed E-state index contributed by atoms with van der Waals surface area (Å²) in [6.07, 6.45) is -2.74. The minimum absolute atomic E-state index is 0.198. The van der Waals surface area contributed by atoms with Crippen molar-refractivity contribution in [1.82, 2.24) is 10.2 Å². The summed E-state index contributed by atoms with van der Waals surface area (Å²) < 4.78 is 53.2. The van der Waals surface area contributed by atoms with Crippen molar-refractivity contribution < 1.29 is 27.4 Å². The third-order valence-corrected chi connectivity index (χ3v) is 4.31. The van der Waals surface area contributed by atoms with Crippen molar-refractivity contribution in [3.05, 3.63) is 17.7 Å². The maximum atomic E-state index is 12.4. The summed E-state index contributed by atoms with van der Waals surface area (Å²) in [6, 6.07) is 3.93. The summed E-state index contributed by atoms with van der Waals surface area (Å²) in [4.78, 5) is 1.46. The number of ether oxygens (including phenoxy) is 3. The maximum Gasteiger partial charge on any atom is 0.401 e. The molecule has 0 aromatic heterocycles. The van der Waals surface area contributed by atoms with E-state index in [0.717, 1.165) is 5.56 Å². The molecule has 0 unspecified atom stereocenters. The van der Waals surface area contributed by atoms with E-state index < -0.39 is 12.7 Å². The molecule has 1 aliphatic rings. The molecular weight excluding hydrogens is 337 g/mol. The number of halogens is 3. The predicted octanol–water partition coefficient (Wildman–Crippen LogP) is 2.83. The second-order valence-corrected chi connectivity index (χ2v) is 6.08. The Bertz CT molecular complexity index is 534. The van der Waals surface area contributed by atoms with Gasteiger partial charge in [-0.05, 0) is 43.6 Å². The first-order valence-electron chi connectivity index (χ1n) is 8.17. The van der Waals surface area contributed by atoms with Crippen molar-refractivity contribution in [2.75, 3.05) is 41.0 Å². The maximum absolute atomic E-state index is 12.4. The van der Waals surface area contributed by atoms with E-state index in [4.69, 9.17) is 14.2 Å². The first-order chi connectivity index (χ1) is 11.9. The molecule has 8 heteroatoms. The van der Waals surface area contributed by atoms with Gasteiger partial charge in [0.1, 0.15) is 0 Å². The van der Waals surface area contributed by atoms with E-state index >= 15 is 0 Å².